The third-order valence-corrected chi connectivity index (χ3v) is 5.60. The third kappa shape index (κ3) is 3.57. The van der Waals surface area contributed by atoms with Crippen molar-refractivity contribution in [2.24, 2.45) is 0 Å². The van der Waals surface area contributed by atoms with Gasteiger partial charge in [-0.1, -0.05) is 6.07 Å². The number of aromatic nitrogens is 3. The van der Waals surface area contributed by atoms with Gasteiger partial charge in [0.2, 0.25) is 0 Å². The summed E-state index contributed by atoms with van der Waals surface area (Å²) in [6, 6.07) is 12.8. The van der Waals surface area contributed by atoms with Crippen LogP contribution in [0.3, 0.4) is 0 Å². The van der Waals surface area contributed by atoms with Gasteiger partial charge in [-0.2, -0.15) is 5.26 Å². The smallest absolute Gasteiger partial charge is 0.258 e. The van der Waals surface area contributed by atoms with E-state index in [-0.39, 0.29) is 17.7 Å². The van der Waals surface area contributed by atoms with Crippen LogP contribution in [0.2, 0.25) is 0 Å². The molecule has 1 aliphatic rings. The second-order valence-electron chi connectivity index (χ2n) is 7.74. The molecule has 0 amide bonds. The van der Waals surface area contributed by atoms with Gasteiger partial charge in [-0.05, 0) is 50.1 Å². The second kappa shape index (κ2) is 7.40. The number of rotatable bonds is 5. The van der Waals surface area contributed by atoms with Crippen LogP contribution in [0.1, 0.15) is 41.3 Å². The molecule has 0 unspecified atom stereocenters. The summed E-state index contributed by atoms with van der Waals surface area (Å²) in [6.07, 6.45) is 5.95. The molecule has 1 aromatic carbocycles. The summed E-state index contributed by atoms with van der Waals surface area (Å²) in [6.45, 7) is 2.12. The first-order chi connectivity index (χ1) is 15.0. The molecule has 3 aromatic heterocycles. The maximum absolute atomic E-state index is 13.3. The van der Waals surface area contributed by atoms with Crippen molar-refractivity contribution in [2.45, 2.75) is 32.3 Å². The van der Waals surface area contributed by atoms with Crippen LogP contribution in [0.15, 0.2) is 59.7 Å². The lowest BCUT2D eigenvalue weighted by Gasteiger charge is -2.10. The van der Waals surface area contributed by atoms with Crippen molar-refractivity contribution in [1.82, 2.24) is 14.0 Å². The summed E-state index contributed by atoms with van der Waals surface area (Å²) in [5.41, 5.74) is 4.40. The average molecular weight is 414 g/mol. The van der Waals surface area contributed by atoms with E-state index in [2.05, 4.69) is 6.92 Å². The van der Waals surface area contributed by atoms with Crippen LogP contribution < -0.4 is 10.3 Å². The van der Waals surface area contributed by atoms with Crippen LogP contribution in [0.5, 0.6) is 5.75 Å². The van der Waals surface area contributed by atoms with Crippen molar-refractivity contribution in [3.8, 4) is 17.5 Å². The van der Waals surface area contributed by atoms with Gasteiger partial charge < -0.3 is 9.14 Å². The number of hydrogen-bond acceptors (Lipinski definition) is 4. The maximum Gasteiger partial charge on any atom is 0.258 e. The van der Waals surface area contributed by atoms with Crippen LogP contribution in [0, 0.1) is 24.1 Å². The molecule has 31 heavy (non-hydrogen) atoms. The van der Waals surface area contributed by atoms with Gasteiger partial charge in [-0.15, -0.1) is 0 Å². The fraction of sp³-hybridized carbons (Fsp3) is 0.208. The van der Waals surface area contributed by atoms with E-state index in [9.17, 15) is 9.18 Å². The molecular weight excluding hydrogens is 395 g/mol. The number of benzene rings is 1. The van der Waals surface area contributed by atoms with E-state index in [1.807, 2.05) is 28.8 Å². The minimum Gasteiger partial charge on any atom is -0.489 e. The van der Waals surface area contributed by atoms with Crippen LogP contribution in [-0.2, 0) is 6.61 Å². The SMILES string of the molecule is Cc1c(C2CC2)nc2ccc(-n3ccc(OCc4ccc(F)cc4C#N)cc3=O)cn12. The van der Waals surface area contributed by atoms with Gasteiger partial charge in [-0.3, -0.25) is 9.36 Å². The molecule has 0 radical (unpaired) electrons. The van der Waals surface area contributed by atoms with Gasteiger partial charge in [0, 0.05) is 35.6 Å². The highest BCUT2D eigenvalue weighted by atomic mass is 19.1. The molecule has 1 aliphatic carbocycles. The summed E-state index contributed by atoms with van der Waals surface area (Å²) in [4.78, 5) is 17.4. The first-order valence-corrected chi connectivity index (χ1v) is 10.1. The average Bonchev–Trinajstić information content (AvgIpc) is 3.56. The predicted octanol–water partition coefficient (Wildman–Crippen LogP) is 4.26. The standard InChI is InChI=1S/C24H19FN4O2/c1-15-24(16-2-3-16)27-22-7-6-20(13-29(15)22)28-9-8-21(11-23(28)30)31-14-17-4-5-19(25)10-18(17)12-26/h4-11,13,16H,2-3,14H2,1H3. The maximum atomic E-state index is 13.3. The molecule has 154 valence electrons. The highest BCUT2D eigenvalue weighted by Crippen LogP contribution is 2.41. The number of nitriles is 1. The number of pyridine rings is 2. The summed E-state index contributed by atoms with van der Waals surface area (Å²) < 4.78 is 22.5. The molecule has 0 aliphatic heterocycles. The van der Waals surface area contributed by atoms with Crippen LogP contribution in [0.4, 0.5) is 4.39 Å². The molecule has 0 N–H and O–H groups in total. The Morgan fingerprint density at radius 1 is 1.23 bits per heavy atom. The molecule has 0 spiro atoms. The largest absolute Gasteiger partial charge is 0.489 e. The number of nitrogens with zero attached hydrogens (tertiary/aromatic N) is 4. The van der Waals surface area contributed by atoms with Crippen LogP contribution >= 0.6 is 0 Å². The Hall–Kier alpha value is -3.92. The van der Waals surface area contributed by atoms with Crippen molar-refractivity contribution < 1.29 is 9.13 Å². The van der Waals surface area contributed by atoms with Gasteiger partial charge in [0.15, 0.2) is 0 Å². The van der Waals surface area contributed by atoms with E-state index in [4.69, 9.17) is 15.0 Å². The van der Waals surface area contributed by atoms with E-state index in [0.717, 1.165) is 22.7 Å². The highest BCUT2D eigenvalue weighted by Gasteiger charge is 2.28. The quantitative estimate of drug-likeness (QED) is 0.489. The Labute approximate surface area is 177 Å². The molecule has 4 aromatic rings. The van der Waals surface area contributed by atoms with E-state index >= 15 is 0 Å². The Morgan fingerprint density at radius 2 is 2.06 bits per heavy atom. The summed E-state index contributed by atoms with van der Waals surface area (Å²) in [7, 11) is 0. The van der Waals surface area contributed by atoms with Gasteiger partial charge in [0.25, 0.3) is 5.56 Å². The lowest BCUT2D eigenvalue weighted by molar-refractivity contribution is 0.304. The normalized spacial score (nSPS) is 13.3. The highest BCUT2D eigenvalue weighted by molar-refractivity contribution is 5.49. The zero-order valence-corrected chi connectivity index (χ0v) is 16.9. The lowest BCUT2D eigenvalue weighted by atomic mass is 10.1. The molecule has 6 nitrogen and oxygen atoms in total. The topological polar surface area (TPSA) is 72.3 Å². The van der Waals surface area contributed by atoms with E-state index in [1.165, 1.54) is 37.1 Å². The number of ether oxygens (including phenoxy) is 1. The van der Waals surface area contributed by atoms with E-state index in [0.29, 0.717) is 17.2 Å². The molecule has 7 heteroatoms. The fourth-order valence-corrected chi connectivity index (χ4v) is 3.76. The number of hydrogen-bond donors (Lipinski definition) is 0. The molecule has 3 heterocycles. The molecule has 5 rings (SSSR count). The Kier molecular flexibility index (Phi) is 4.55. The molecular formula is C24H19FN4O2. The number of halogens is 1. The molecule has 0 bridgehead atoms. The van der Waals surface area contributed by atoms with Crippen molar-refractivity contribution in [3.05, 3.63) is 93.5 Å². The minimum atomic E-state index is -0.475. The predicted molar refractivity (Wildman–Crippen MR) is 113 cm³/mol. The number of imidazole rings is 1. The molecule has 0 saturated heterocycles. The third-order valence-electron chi connectivity index (χ3n) is 5.60. The van der Waals surface area contributed by atoms with Gasteiger partial charge in [0.05, 0.1) is 23.0 Å². The number of aryl methyl sites for hydroxylation is 1. The second-order valence-corrected chi connectivity index (χ2v) is 7.74. The summed E-state index contributed by atoms with van der Waals surface area (Å²) in [5, 5.41) is 9.14. The van der Waals surface area contributed by atoms with Crippen LogP contribution in [-0.4, -0.2) is 14.0 Å². The van der Waals surface area contributed by atoms with Crippen molar-refractivity contribution >= 4 is 5.65 Å². The Morgan fingerprint density at radius 3 is 2.81 bits per heavy atom. The minimum absolute atomic E-state index is 0.0662. The fourth-order valence-electron chi connectivity index (χ4n) is 3.76. The molecule has 0 atom stereocenters. The van der Waals surface area contributed by atoms with Gasteiger partial charge >= 0.3 is 0 Å². The van der Waals surface area contributed by atoms with Crippen molar-refractivity contribution in [2.75, 3.05) is 0 Å². The van der Waals surface area contributed by atoms with E-state index < -0.39 is 5.82 Å². The zero-order chi connectivity index (χ0) is 21.5. The van der Waals surface area contributed by atoms with Gasteiger partial charge in [-0.25, -0.2) is 9.37 Å². The first-order valence-electron chi connectivity index (χ1n) is 10.1. The van der Waals surface area contributed by atoms with Gasteiger partial charge in [0.1, 0.15) is 23.8 Å². The van der Waals surface area contributed by atoms with E-state index in [1.54, 1.807) is 16.8 Å². The summed E-state index contributed by atoms with van der Waals surface area (Å²) >= 11 is 0. The zero-order valence-electron chi connectivity index (χ0n) is 16.9. The number of fused-ring (bicyclic) bond motifs is 1. The monoisotopic (exact) mass is 414 g/mol. The molecule has 1 fully saturated rings. The van der Waals surface area contributed by atoms with Crippen molar-refractivity contribution in [3.63, 3.8) is 0 Å². The molecule has 1 saturated carbocycles. The Bertz CT molecular complexity index is 1410. The lowest BCUT2D eigenvalue weighted by Crippen LogP contribution is -2.17. The Balaban J connectivity index is 1.40. The van der Waals surface area contributed by atoms with Crippen molar-refractivity contribution in [1.29, 1.82) is 5.26 Å². The first kappa shape index (κ1) is 19.1. The van der Waals surface area contributed by atoms with Crippen LogP contribution in [0.25, 0.3) is 11.3 Å². The summed E-state index contributed by atoms with van der Waals surface area (Å²) in [5.74, 6) is 0.466.